The van der Waals surface area contributed by atoms with Crippen LogP contribution in [0.2, 0.25) is 0 Å². The van der Waals surface area contributed by atoms with Crippen molar-refractivity contribution in [1.82, 2.24) is 9.88 Å². The molecule has 1 N–H and O–H groups in total. The Kier molecular flexibility index (Phi) is 3.76. The van der Waals surface area contributed by atoms with Gasteiger partial charge < -0.3 is 10.0 Å². The first-order valence-corrected chi connectivity index (χ1v) is 6.01. The Morgan fingerprint density at radius 1 is 1.42 bits per heavy atom. The van der Waals surface area contributed by atoms with Crippen molar-refractivity contribution in [3.8, 4) is 6.07 Å². The molecule has 6 nitrogen and oxygen atoms in total. The van der Waals surface area contributed by atoms with E-state index in [1.54, 1.807) is 4.90 Å². The number of carbonyl (C=O) groups excluding carboxylic acids is 1. The number of nitrogens with zero attached hydrogens (tertiary/aromatic N) is 3. The Morgan fingerprint density at radius 3 is 2.68 bits per heavy atom. The number of nitriles is 1. The van der Waals surface area contributed by atoms with Gasteiger partial charge in [0.25, 0.3) is 5.91 Å². The summed E-state index contributed by atoms with van der Waals surface area (Å²) in [5, 5.41) is 17.5. The minimum Gasteiger partial charge on any atom is -0.477 e. The zero-order valence-corrected chi connectivity index (χ0v) is 10.2. The van der Waals surface area contributed by atoms with Gasteiger partial charge in [-0.25, -0.2) is 9.78 Å². The van der Waals surface area contributed by atoms with Gasteiger partial charge >= 0.3 is 5.97 Å². The standard InChI is InChI=1S/C13H13N3O3/c14-7-2-8-16(9-5-6-9)12(17)10-3-1-4-11(15-10)13(18)19/h1,3-4,9H,2,5-6,8H2,(H,18,19). The zero-order chi connectivity index (χ0) is 13.8. The molecule has 0 spiro atoms. The Morgan fingerprint density at radius 2 is 2.11 bits per heavy atom. The summed E-state index contributed by atoms with van der Waals surface area (Å²) < 4.78 is 0. The van der Waals surface area contributed by atoms with E-state index < -0.39 is 5.97 Å². The Balaban J connectivity index is 2.19. The molecule has 0 unspecified atom stereocenters. The quantitative estimate of drug-likeness (QED) is 0.860. The van der Waals surface area contributed by atoms with Gasteiger partial charge in [-0.1, -0.05) is 6.07 Å². The average Bonchev–Trinajstić information content (AvgIpc) is 3.23. The minimum absolute atomic E-state index is 0.115. The summed E-state index contributed by atoms with van der Waals surface area (Å²) in [5.74, 6) is -1.47. The molecule has 0 aliphatic heterocycles. The van der Waals surface area contributed by atoms with E-state index in [4.69, 9.17) is 10.4 Å². The van der Waals surface area contributed by atoms with E-state index in [1.165, 1.54) is 18.2 Å². The van der Waals surface area contributed by atoms with Crippen molar-refractivity contribution in [2.75, 3.05) is 6.54 Å². The molecule has 0 saturated heterocycles. The molecule has 1 aliphatic rings. The van der Waals surface area contributed by atoms with Crippen LogP contribution < -0.4 is 0 Å². The number of aromatic carboxylic acids is 1. The van der Waals surface area contributed by atoms with Crippen molar-refractivity contribution in [3.63, 3.8) is 0 Å². The molecule has 0 aromatic carbocycles. The number of carbonyl (C=O) groups is 2. The zero-order valence-electron chi connectivity index (χ0n) is 10.2. The highest BCUT2D eigenvalue weighted by atomic mass is 16.4. The summed E-state index contributed by atoms with van der Waals surface area (Å²) in [6.45, 7) is 0.360. The lowest BCUT2D eigenvalue weighted by atomic mass is 10.2. The number of pyridine rings is 1. The number of hydrogen-bond acceptors (Lipinski definition) is 4. The van der Waals surface area contributed by atoms with Crippen LogP contribution >= 0.6 is 0 Å². The smallest absolute Gasteiger partial charge is 0.354 e. The molecule has 1 aliphatic carbocycles. The van der Waals surface area contributed by atoms with Crippen molar-refractivity contribution in [2.45, 2.75) is 25.3 Å². The molecule has 1 aromatic heterocycles. The maximum Gasteiger partial charge on any atom is 0.354 e. The molecular formula is C13H13N3O3. The Bertz CT molecular complexity index is 546. The number of rotatable bonds is 5. The van der Waals surface area contributed by atoms with Gasteiger partial charge in [-0.2, -0.15) is 5.26 Å². The number of amides is 1. The third kappa shape index (κ3) is 3.07. The lowest BCUT2D eigenvalue weighted by molar-refractivity contribution is 0.0689. The average molecular weight is 259 g/mol. The molecule has 19 heavy (non-hydrogen) atoms. The molecule has 2 rings (SSSR count). The summed E-state index contributed by atoms with van der Waals surface area (Å²) in [6.07, 6.45) is 2.12. The number of carboxylic acids is 1. The molecule has 0 bridgehead atoms. The first-order valence-electron chi connectivity index (χ1n) is 6.01. The van der Waals surface area contributed by atoms with E-state index in [0.29, 0.717) is 6.54 Å². The third-order valence-corrected chi connectivity index (χ3v) is 2.90. The summed E-state index contributed by atoms with van der Waals surface area (Å²) >= 11 is 0. The second-order valence-corrected chi connectivity index (χ2v) is 4.35. The van der Waals surface area contributed by atoms with Gasteiger partial charge in [0.1, 0.15) is 11.4 Å². The summed E-state index contributed by atoms with van der Waals surface area (Å²) in [5.41, 5.74) is -0.0355. The molecule has 1 fully saturated rings. The highest BCUT2D eigenvalue weighted by Crippen LogP contribution is 2.28. The van der Waals surface area contributed by atoms with E-state index in [9.17, 15) is 9.59 Å². The number of hydrogen-bond donors (Lipinski definition) is 1. The molecule has 0 atom stereocenters. The first kappa shape index (κ1) is 13.0. The first-order chi connectivity index (χ1) is 9.13. The maximum absolute atomic E-state index is 12.3. The summed E-state index contributed by atoms with van der Waals surface area (Å²) in [4.78, 5) is 28.5. The second kappa shape index (κ2) is 5.48. The monoisotopic (exact) mass is 259 g/mol. The lowest BCUT2D eigenvalue weighted by Gasteiger charge is -2.20. The van der Waals surface area contributed by atoms with Gasteiger partial charge in [0, 0.05) is 12.6 Å². The van der Waals surface area contributed by atoms with Crippen molar-refractivity contribution in [3.05, 3.63) is 29.6 Å². The fourth-order valence-corrected chi connectivity index (χ4v) is 1.83. The van der Waals surface area contributed by atoms with Crippen LogP contribution in [0.25, 0.3) is 0 Å². The Labute approximate surface area is 110 Å². The molecule has 98 valence electrons. The second-order valence-electron chi connectivity index (χ2n) is 4.35. The predicted molar refractivity (Wildman–Crippen MR) is 65.5 cm³/mol. The number of aromatic nitrogens is 1. The highest BCUT2D eigenvalue weighted by molar-refractivity contribution is 5.94. The van der Waals surface area contributed by atoms with E-state index in [-0.39, 0.29) is 29.8 Å². The van der Waals surface area contributed by atoms with Crippen LogP contribution in [0.1, 0.15) is 40.2 Å². The fourth-order valence-electron chi connectivity index (χ4n) is 1.83. The number of carboxylic acid groups (broad SMARTS) is 1. The van der Waals surface area contributed by atoms with Crippen molar-refractivity contribution in [2.24, 2.45) is 0 Å². The molecule has 1 amide bonds. The van der Waals surface area contributed by atoms with Crippen LogP contribution in [-0.4, -0.2) is 39.5 Å². The molecule has 1 aromatic rings. The fraction of sp³-hybridized carbons (Fsp3) is 0.385. The summed E-state index contributed by atoms with van der Waals surface area (Å²) in [7, 11) is 0. The van der Waals surface area contributed by atoms with E-state index >= 15 is 0 Å². The molecular weight excluding hydrogens is 246 g/mol. The van der Waals surface area contributed by atoms with E-state index in [2.05, 4.69) is 4.98 Å². The van der Waals surface area contributed by atoms with Crippen molar-refractivity contribution < 1.29 is 14.7 Å². The minimum atomic E-state index is -1.16. The highest BCUT2D eigenvalue weighted by Gasteiger charge is 2.33. The normalized spacial score (nSPS) is 13.6. The van der Waals surface area contributed by atoms with Gasteiger partial charge in [-0.05, 0) is 25.0 Å². The van der Waals surface area contributed by atoms with Crippen LogP contribution in [0.4, 0.5) is 0 Å². The van der Waals surface area contributed by atoms with Crippen LogP contribution in [-0.2, 0) is 0 Å². The van der Waals surface area contributed by atoms with Gasteiger partial charge in [0.2, 0.25) is 0 Å². The van der Waals surface area contributed by atoms with Gasteiger partial charge in [0.15, 0.2) is 0 Å². The largest absolute Gasteiger partial charge is 0.477 e. The molecule has 0 radical (unpaired) electrons. The van der Waals surface area contributed by atoms with Gasteiger partial charge in [-0.3, -0.25) is 4.79 Å². The van der Waals surface area contributed by atoms with Crippen molar-refractivity contribution >= 4 is 11.9 Å². The van der Waals surface area contributed by atoms with Crippen LogP contribution in [0.5, 0.6) is 0 Å². The van der Waals surface area contributed by atoms with Crippen molar-refractivity contribution in [1.29, 1.82) is 5.26 Å². The van der Waals surface area contributed by atoms with Crippen LogP contribution in [0.3, 0.4) is 0 Å². The third-order valence-electron chi connectivity index (χ3n) is 2.90. The molecule has 6 heteroatoms. The SMILES string of the molecule is N#CCCN(C(=O)c1cccc(C(=O)O)n1)C1CC1. The van der Waals surface area contributed by atoms with E-state index in [0.717, 1.165) is 12.8 Å². The molecule has 1 heterocycles. The Hall–Kier alpha value is -2.42. The van der Waals surface area contributed by atoms with Gasteiger partial charge in [-0.15, -0.1) is 0 Å². The van der Waals surface area contributed by atoms with E-state index in [1.807, 2.05) is 6.07 Å². The van der Waals surface area contributed by atoms with Gasteiger partial charge in [0.05, 0.1) is 12.5 Å². The molecule has 1 saturated carbocycles. The maximum atomic E-state index is 12.3. The lowest BCUT2D eigenvalue weighted by Crippen LogP contribution is -2.34. The van der Waals surface area contributed by atoms with Crippen LogP contribution in [0, 0.1) is 11.3 Å². The predicted octanol–water partition coefficient (Wildman–Crippen LogP) is 1.30. The topological polar surface area (TPSA) is 94.3 Å². The van der Waals surface area contributed by atoms with Crippen LogP contribution in [0.15, 0.2) is 18.2 Å². The summed E-state index contributed by atoms with van der Waals surface area (Å²) in [6, 6.07) is 6.51.